The molecule has 2 aromatic carbocycles. The van der Waals surface area contributed by atoms with Crippen LogP contribution in [0.1, 0.15) is 30.6 Å². The molecule has 0 aliphatic carbocycles. The Morgan fingerprint density at radius 3 is 2.12 bits per heavy atom. The van der Waals surface area contributed by atoms with E-state index in [1.165, 1.54) is 0 Å². The number of ether oxygens (including phenoxy) is 1. The van der Waals surface area contributed by atoms with Gasteiger partial charge in [0.15, 0.2) is 0 Å². The molecule has 7 heteroatoms. The van der Waals surface area contributed by atoms with Gasteiger partial charge in [-0.2, -0.15) is 0 Å². The zero-order valence-electron chi connectivity index (χ0n) is 14.8. The number of aromatic carboxylic acids is 1. The van der Waals surface area contributed by atoms with Gasteiger partial charge in [-0.15, -0.1) is 0 Å². The molecule has 0 amide bonds. The van der Waals surface area contributed by atoms with Gasteiger partial charge >= 0.3 is 5.97 Å². The molecule has 0 heterocycles. The number of hydrogen-bond acceptors (Lipinski definition) is 4. The molecule has 0 aliphatic rings. The average Bonchev–Trinajstić information content (AvgIpc) is 2.61. The molecule has 2 aromatic rings. The van der Waals surface area contributed by atoms with Crippen molar-refractivity contribution in [1.82, 2.24) is 4.72 Å². The third-order valence-electron chi connectivity index (χ3n) is 3.72. The van der Waals surface area contributed by atoms with E-state index in [-0.39, 0.29) is 24.0 Å². The Morgan fingerprint density at radius 2 is 1.62 bits per heavy atom. The summed E-state index contributed by atoms with van der Waals surface area (Å²) in [7, 11) is -3.24. The first-order chi connectivity index (χ1) is 12.3. The number of rotatable bonds is 9. The van der Waals surface area contributed by atoms with Gasteiger partial charge in [-0.3, -0.25) is 0 Å². The largest absolute Gasteiger partial charge is 0.489 e. The fourth-order valence-electron chi connectivity index (χ4n) is 2.39. The molecule has 0 aromatic heterocycles. The molecule has 0 saturated heterocycles. The predicted molar refractivity (Wildman–Crippen MR) is 101 cm³/mol. The highest BCUT2D eigenvalue weighted by atomic mass is 32.2. The molecular formula is C19H23NO5S. The summed E-state index contributed by atoms with van der Waals surface area (Å²) < 4.78 is 31.6. The van der Waals surface area contributed by atoms with E-state index in [9.17, 15) is 13.2 Å². The van der Waals surface area contributed by atoms with E-state index >= 15 is 0 Å². The van der Waals surface area contributed by atoms with Gasteiger partial charge in [-0.1, -0.05) is 31.2 Å². The summed E-state index contributed by atoms with van der Waals surface area (Å²) >= 11 is 0. The number of benzene rings is 2. The second-order valence-corrected chi connectivity index (χ2v) is 7.93. The van der Waals surface area contributed by atoms with Gasteiger partial charge in [-0.25, -0.2) is 17.9 Å². The Labute approximate surface area is 153 Å². The Hall–Kier alpha value is -2.38. The van der Waals surface area contributed by atoms with Crippen molar-refractivity contribution in [1.29, 1.82) is 0 Å². The van der Waals surface area contributed by atoms with Gasteiger partial charge in [0.1, 0.15) is 11.9 Å². The first kappa shape index (κ1) is 19.9. The zero-order valence-corrected chi connectivity index (χ0v) is 15.6. The van der Waals surface area contributed by atoms with E-state index in [2.05, 4.69) is 4.72 Å². The minimum atomic E-state index is -3.24. The second-order valence-electron chi connectivity index (χ2n) is 6.00. The zero-order chi connectivity index (χ0) is 19.2. The Kier molecular flexibility index (Phi) is 6.76. The monoisotopic (exact) mass is 377 g/mol. The number of carboxylic acid groups (broad SMARTS) is 1. The molecule has 0 aliphatic heterocycles. The van der Waals surface area contributed by atoms with Crippen LogP contribution in [-0.4, -0.2) is 37.9 Å². The van der Waals surface area contributed by atoms with Crippen LogP contribution in [0.4, 0.5) is 0 Å². The number of sulfonamides is 1. The highest BCUT2D eigenvalue weighted by Crippen LogP contribution is 2.23. The van der Waals surface area contributed by atoms with E-state index in [0.717, 1.165) is 11.1 Å². The van der Waals surface area contributed by atoms with Crippen molar-refractivity contribution in [2.24, 2.45) is 0 Å². The maximum Gasteiger partial charge on any atom is 0.335 e. The van der Waals surface area contributed by atoms with Crippen LogP contribution in [0.5, 0.6) is 5.75 Å². The van der Waals surface area contributed by atoms with Crippen molar-refractivity contribution >= 4 is 16.0 Å². The average molecular weight is 377 g/mol. The maximum absolute atomic E-state index is 11.7. The quantitative estimate of drug-likeness (QED) is 0.700. The first-order valence-electron chi connectivity index (χ1n) is 8.38. The van der Waals surface area contributed by atoms with Crippen molar-refractivity contribution < 1.29 is 23.1 Å². The highest BCUT2D eigenvalue weighted by molar-refractivity contribution is 7.89. The second kappa shape index (κ2) is 8.82. The van der Waals surface area contributed by atoms with Crippen molar-refractivity contribution in [3.05, 3.63) is 54.1 Å². The molecule has 6 nitrogen and oxygen atoms in total. The third-order valence-corrected chi connectivity index (χ3v) is 5.27. The summed E-state index contributed by atoms with van der Waals surface area (Å²) in [6, 6.07) is 14.0. The number of hydrogen-bond donors (Lipinski definition) is 2. The van der Waals surface area contributed by atoms with Crippen molar-refractivity contribution in [3.63, 3.8) is 0 Å². The SMILES string of the molecule is CCCS(=O)(=O)NCC(C)Oc1ccc(-c2ccc(C(=O)O)cc2)cc1. The van der Waals surface area contributed by atoms with E-state index < -0.39 is 16.0 Å². The minimum absolute atomic E-state index is 0.106. The molecule has 26 heavy (non-hydrogen) atoms. The van der Waals surface area contributed by atoms with Crippen molar-refractivity contribution in [3.8, 4) is 16.9 Å². The van der Waals surface area contributed by atoms with Gasteiger partial charge in [0.2, 0.25) is 10.0 Å². The van der Waals surface area contributed by atoms with E-state index in [4.69, 9.17) is 9.84 Å². The van der Waals surface area contributed by atoms with Gasteiger partial charge < -0.3 is 9.84 Å². The lowest BCUT2D eigenvalue weighted by Gasteiger charge is -2.16. The summed E-state index contributed by atoms with van der Waals surface area (Å²) in [4.78, 5) is 10.9. The molecule has 0 radical (unpaired) electrons. The van der Waals surface area contributed by atoms with Crippen LogP contribution in [0.3, 0.4) is 0 Å². The van der Waals surface area contributed by atoms with Gasteiger partial charge in [-0.05, 0) is 48.7 Å². The summed E-state index contributed by atoms with van der Waals surface area (Å²) in [5.74, 6) is -0.211. The Balaban J connectivity index is 1.95. The molecular weight excluding hydrogens is 354 g/mol. The summed E-state index contributed by atoms with van der Waals surface area (Å²) in [6.45, 7) is 3.82. The number of carboxylic acids is 1. The van der Waals surface area contributed by atoms with E-state index in [0.29, 0.717) is 12.2 Å². The molecule has 2 rings (SSSR count). The molecule has 0 fully saturated rings. The van der Waals surface area contributed by atoms with Gasteiger partial charge in [0.25, 0.3) is 0 Å². The maximum atomic E-state index is 11.7. The fourth-order valence-corrected chi connectivity index (χ4v) is 3.56. The standard InChI is InChI=1S/C19H23NO5S/c1-3-12-26(23,24)20-13-14(2)25-18-10-8-16(9-11-18)15-4-6-17(7-5-15)19(21)22/h4-11,14,20H,3,12-13H2,1-2H3,(H,21,22). The minimum Gasteiger partial charge on any atom is -0.489 e. The lowest BCUT2D eigenvalue weighted by atomic mass is 10.0. The van der Waals surface area contributed by atoms with Crippen LogP contribution < -0.4 is 9.46 Å². The fraction of sp³-hybridized carbons (Fsp3) is 0.316. The number of carbonyl (C=O) groups is 1. The topological polar surface area (TPSA) is 92.7 Å². The van der Waals surface area contributed by atoms with Crippen LogP contribution in [0.15, 0.2) is 48.5 Å². The highest BCUT2D eigenvalue weighted by Gasteiger charge is 2.12. The molecule has 1 atom stereocenters. The summed E-state index contributed by atoms with van der Waals surface area (Å²) in [6.07, 6.45) is 0.266. The number of nitrogens with one attached hydrogen (secondary N) is 1. The van der Waals surface area contributed by atoms with Crippen LogP contribution in [0, 0.1) is 0 Å². The van der Waals surface area contributed by atoms with Gasteiger partial charge in [0.05, 0.1) is 11.3 Å². The normalized spacial score (nSPS) is 12.5. The Bertz CT molecular complexity index is 829. The lowest BCUT2D eigenvalue weighted by molar-refractivity contribution is 0.0697. The van der Waals surface area contributed by atoms with Crippen molar-refractivity contribution in [2.75, 3.05) is 12.3 Å². The Morgan fingerprint density at radius 1 is 1.08 bits per heavy atom. The van der Waals surface area contributed by atoms with E-state index in [1.807, 2.05) is 19.1 Å². The third kappa shape index (κ3) is 5.86. The summed E-state index contributed by atoms with van der Waals surface area (Å²) in [5.41, 5.74) is 2.08. The molecule has 0 bridgehead atoms. The molecule has 140 valence electrons. The van der Waals surface area contributed by atoms with Crippen LogP contribution in [0.2, 0.25) is 0 Å². The summed E-state index contributed by atoms with van der Waals surface area (Å²) in [5, 5.41) is 8.93. The molecule has 0 spiro atoms. The van der Waals surface area contributed by atoms with Gasteiger partial charge in [0, 0.05) is 6.54 Å². The van der Waals surface area contributed by atoms with Crippen LogP contribution >= 0.6 is 0 Å². The lowest BCUT2D eigenvalue weighted by Crippen LogP contribution is -2.34. The predicted octanol–water partition coefficient (Wildman–Crippen LogP) is 3.15. The first-order valence-corrected chi connectivity index (χ1v) is 10.0. The smallest absolute Gasteiger partial charge is 0.335 e. The van der Waals surface area contributed by atoms with Crippen LogP contribution in [0.25, 0.3) is 11.1 Å². The molecule has 1 unspecified atom stereocenters. The van der Waals surface area contributed by atoms with Crippen LogP contribution in [-0.2, 0) is 10.0 Å². The molecule has 0 saturated carbocycles. The molecule has 2 N–H and O–H groups in total. The van der Waals surface area contributed by atoms with E-state index in [1.54, 1.807) is 43.3 Å². The van der Waals surface area contributed by atoms with Crippen molar-refractivity contribution in [2.45, 2.75) is 26.4 Å².